The van der Waals surface area contributed by atoms with Crippen molar-refractivity contribution in [1.29, 1.82) is 0 Å². The normalized spacial score (nSPS) is 10.5. The van der Waals surface area contributed by atoms with Crippen LogP contribution in [0.4, 0.5) is 0 Å². The largest absolute Gasteiger partial charge is 0.506 e. The number of aromatic nitrogens is 2. The lowest BCUT2D eigenvalue weighted by molar-refractivity contribution is 0.470. The van der Waals surface area contributed by atoms with Crippen LogP contribution in [-0.4, -0.2) is 14.9 Å². The summed E-state index contributed by atoms with van der Waals surface area (Å²) >= 11 is 0. The Morgan fingerprint density at radius 1 is 1.40 bits per heavy atom. The predicted molar refractivity (Wildman–Crippen MR) is 57.9 cm³/mol. The third kappa shape index (κ3) is 1.71. The molecule has 4 heteroatoms. The van der Waals surface area contributed by atoms with Crippen molar-refractivity contribution in [3.05, 3.63) is 41.7 Å². The molecule has 0 aliphatic carbocycles. The molecular weight excluding hydrogens is 190 g/mol. The van der Waals surface area contributed by atoms with E-state index in [0.29, 0.717) is 12.2 Å². The smallest absolute Gasteiger partial charge is 0.141 e. The molecule has 0 spiro atoms. The van der Waals surface area contributed by atoms with Crippen molar-refractivity contribution in [2.24, 2.45) is 5.73 Å². The molecule has 0 fully saturated rings. The van der Waals surface area contributed by atoms with Crippen molar-refractivity contribution in [2.45, 2.75) is 13.5 Å². The van der Waals surface area contributed by atoms with E-state index in [1.807, 2.05) is 25.3 Å². The first-order valence-corrected chi connectivity index (χ1v) is 4.76. The summed E-state index contributed by atoms with van der Waals surface area (Å²) in [5.74, 6) is 0.212. The van der Waals surface area contributed by atoms with Crippen LogP contribution in [0, 0.1) is 6.92 Å². The van der Waals surface area contributed by atoms with Crippen LogP contribution < -0.4 is 5.73 Å². The number of para-hydroxylation sites is 2. The Labute approximate surface area is 88.0 Å². The number of aromatic hydroxyl groups is 1. The minimum Gasteiger partial charge on any atom is -0.506 e. The monoisotopic (exact) mass is 203 g/mol. The summed E-state index contributed by atoms with van der Waals surface area (Å²) in [6.45, 7) is 2.36. The zero-order chi connectivity index (χ0) is 10.8. The van der Waals surface area contributed by atoms with Crippen molar-refractivity contribution in [1.82, 2.24) is 9.78 Å². The number of aryl methyl sites for hydroxylation is 1. The van der Waals surface area contributed by atoms with Gasteiger partial charge >= 0.3 is 0 Å². The van der Waals surface area contributed by atoms with Crippen LogP contribution in [0.15, 0.2) is 30.5 Å². The van der Waals surface area contributed by atoms with Gasteiger partial charge in [0.15, 0.2) is 0 Å². The molecule has 0 radical (unpaired) electrons. The minimum atomic E-state index is 0.212. The number of hydrogen-bond acceptors (Lipinski definition) is 3. The van der Waals surface area contributed by atoms with Gasteiger partial charge < -0.3 is 10.8 Å². The second-order valence-corrected chi connectivity index (χ2v) is 3.38. The lowest BCUT2D eigenvalue weighted by Gasteiger charge is -2.02. The van der Waals surface area contributed by atoms with Gasteiger partial charge in [-0.3, -0.25) is 0 Å². The third-order valence-corrected chi connectivity index (χ3v) is 2.35. The van der Waals surface area contributed by atoms with Crippen LogP contribution in [0.2, 0.25) is 0 Å². The van der Waals surface area contributed by atoms with Gasteiger partial charge in [-0.15, -0.1) is 0 Å². The molecule has 2 aromatic rings. The molecular formula is C11H13N3O. The summed E-state index contributed by atoms with van der Waals surface area (Å²) < 4.78 is 1.65. The predicted octanol–water partition coefficient (Wildman–Crippen LogP) is 1.35. The number of rotatable bonds is 2. The molecule has 1 aromatic heterocycles. The van der Waals surface area contributed by atoms with Crippen molar-refractivity contribution in [3.63, 3.8) is 0 Å². The Morgan fingerprint density at radius 2 is 2.13 bits per heavy atom. The average molecular weight is 203 g/mol. The molecule has 1 heterocycles. The number of phenols is 1. The number of benzene rings is 1. The number of hydrogen-bond donors (Lipinski definition) is 2. The SMILES string of the molecule is Cc1nn(-c2ccccc2O)cc1CN. The fourth-order valence-electron chi connectivity index (χ4n) is 1.48. The van der Waals surface area contributed by atoms with Crippen LogP contribution in [0.3, 0.4) is 0 Å². The van der Waals surface area contributed by atoms with Crippen LogP contribution in [0.1, 0.15) is 11.3 Å². The first-order chi connectivity index (χ1) is 7.22. The highest BCUT2D eigenvalue weighted by Crippen LogP contribution is 2.20. The standard InChI is InChI=1S/C11H13N3O/c1-8-9(6-12)7-14(13-8)10-4-2-3-5-11(10)15/h2-5,7,15H,6,12H2,1H3. The van der Waals surface area contributed by atoms with Crippen molar-refractivity contribution >= 4 is 0 Å². The summed E-state index contributed by atoms with van der Waals surface area (Å²) in [5.41, 5.74) is 8.11. The van der Waals surface area contributed by atoms with Gasteiger partial charge in [-0.05, 0) is 19.1 Å². The molecule has 0 saturated carbocycles. The molecule has 0 atom stereocenters. The fraction of sp³-hybridized carbons (Fsp3) is 0.182. The Kier molecular flexibility index (Phi) is 2.43. The van der Waals surface area contributed by atoms with E-state index in [4.69, 9.17) is 5.73 Å². The average Bonchev–Trinajstić information content (AvgIpc) is 2.60. The highest BCUT2D eigenvalue weighted by molar-refractivity contribution is 5.45. The van der Waals surface area contributed by atoms with Crippen LogP contribution in [0.25, 0.3) is 5.69 Å². The molecule has 78 valence electrons. The molecule has 0 bridgehead atoms. The second kappa shape index (κ2) is 3.74. The van der Waals surface area contributed by atoms with Crippen molar-refractivity contribution in [3.8, 4) is 11.4 Å². The lowest BCUT2D eigenvalue weighted by Crippen LogP contribution is -1.96. The van der Waals surface area contributed by atoms with Gasteiger partial charge in [0.2, 0.25) is 0 Å². The number of phenolic OH excluding ortho intramolecular Hbond substituents is 1. The van der Waals surface area contributed by atoms with Crippen LogP contribution in [-0.2, 0) is 6.54 Å². The van der Waals surface area contributed by atoms with Gasteiger partial charge in [0.1, 0.15) is 11.4 Å². The molecule has 2 rings (SSSR count). The van der Waals surface area contributed by atoms with Gasteiger partial charge in [-0.2, -0.15) is 5.10 Å². The second-order valence-electron chi connectivity index (χ2n) is 3.38. The van der Waals surface area contributed by atoms with E-state index in [9.17, 15) is 5.11 Å². The summed E-state index contributed by atoms with van der Waals surface area (Å²) in [6, 6.07) is 7.07. The Hall–Kier alpha value is -1.81. The summed E-state index contributed by atoms with van der Waals surface area (Å²) in [4.78, 5) is 0. The molecule has 1 aromatic carbocycles. The molecule has 0 aliphatic heterocycles. The van der Waals surface area contributed by atoms with E-state index in [2.05, 4.69) is 5.10 Å². The Morgan fingerprint density at radius 3 is 2.73 bits per heavy atom. The number of nitrogens with two attached hydrogens (primary N) is 1. The van der Waals surface area contributed by atoms with Crippen LogP contribution in [0.5, 0.6) is 5.75 Å². The first-order valence-electron chi connectivity index (χ1n) is 4.76. The zero-order valence-corrected chi connectivity index (χ0v) is 8.51. The van der Waals surface area contributed by atoms with Crippen molar-refractivity contribution < 1.29 is 5.11 Å². The van der Waals surface area contributed by atoms with Gasteiger partial charge in [0.05, 0.1) is 5.69 Å². The molecule has 3 N–H and O–H groups in total. The quantitative estimate of drug-likeness (QED) is 0.774. The van der Waals surface area contributed by atoms with Crippen LogP contribution >= 0.6 is 0 Å². The number of nitrogens with zero attached hydrogens (tertiary/aromatic N) is 2. The van der Waals surface area contributed by atoms with Gasteiger partial charge in [-0.1, -0.05) is 12.1 Å². The van der Waals surface area contributed by atoms with E-state index in [1.54, 1.807) is 16.8 Å². The first kappa shape index (κ1) is 9.73. The maximum Gasteiger partial charge on any atom is 0.141 e. The van der Waals surface area contributed by atoms with E-state index < -0.39 is 0 Å². The highest BCUT2D eigenvalue weighted by atomic mass is 16.3. The Bertz CT molecular complexity index is 476. The molecule has 15 heavy (non-hydrogen) atoms. The molecule has 0 aliphatic rings. The Balaban J connectivity index is 2.50. The summed E-state index contributed by atoms with van der Waals surface area (Å²) in [7, 11) is 0. The lowest BCUT2D eigenvalue weighted by atomic mass is 10.2. The van der Waals surface area contributed by atoms with Gasteiger partial charge in [0.25, 0.3) is 0 Å². The van der Waals surface area contributed by atoms with E-state index in [-0.39, 0.29) is 5.75 Å². The third-order valence-electron chi connectivity index (χ3n) is 2.35. The van der Waals surface area contributed by atoms with E-state index >= 15 is 0 Å². The van der Waals surface area contributed by atoms with E-state index in [0.717, 1.165) is 11.3 Å². The molecule has 0 saturated heterocycles. The molecule has 4 nitrogen and oxygen atoms in total. The summed E-state index contributed by atoms with van der Waals surface area (Å²) in [6.07, 6.45) is 1.84. The molecule has 0 amide bonds. The van der Waals surface area contributed by atoms with Gasteiger partial charge in [0, 0.05) is 18.3 Å². The minimum absolute atomic E-state index is 0.212. The van der Waals surface area contributed by atoms with E-state index in [1.165, 1.54) is 0 Å². The zero-order valence-electron chi connectivity index (χ0n) is 8.51. The summed E-state index contributed by atoms with van der Waals surface area (Å²) in [5, 5.41) is 13.9. The maximum absolute atomic E-state index is 9.64. The maximum atomic E-state index is 9.64. The topological polar surface area (TPSA) is 64.1 Å². The van der Waals surface area contributed by atoms with Crippen molar-refractivity contribution in [2.75, 3.05) is 0 Å². The molecule has 0 unspecified atom stereocenters. The van der Waals surface area contributed by atoms with Gasteiger partial charge in [-0.25, -0.2) is 4.68 Å². The highest BCUT2D eigenvalue weighted by Gasteiger charge is 2.07. The fourth-order valence-corrected chi connectivity index (χ4v) is 1.48.